The number of rotatable bonds is 4. The number of hydrogen-bond acceptors (Lipinski definition) is 5. The SMILES string of the molecule is CCN(CC)c1cc[c]([Ge]23[O]CCN(CC[O]2)CC[O]3)cc1. The summed E-state index contributed by atoms with van der Waals surface area (Å²) >= 11 is -3.32. The number of fused-ring (bicyclic) bond motifs is 6. The van der Waals surface area contributed by atoms with Crippen LogP contribution in [0.25, 0.3) is 0 Å². The van der Waals surface area contributed by atoms with Crippen LogP contribution in [0.3, 0.4) is 0 Å². The Morgan fingerprint density at radius 2 is 1.41 bits per heavy atom. The van der Waals surface area contributed by atoms with Crippen molar-refractivity contribution in [1.82, 2.24) is 4.90 Å². The van der Waals surface area contributed by atoms with Crippen molar-refractivity contribution < 1.29 is 11.3 Å². The summed E-state index contributed by atoms with van der Waals surface area (Å²) in [6.45, 7) is 11.5. The third-order valence-electron chi connectivity index (χ3n) is 4.45. The molecular weight excluding hydrogens is 341 g/mol. The van der Waals surface area contributed by atoms with Gasteiger partial charge in [0.25, 0.3) is 0 Å². The molecule has 3 fully saturated rings. The molecule has 0 saturated carbocycles. The fourth-order valence-corrected chi connectivity index (χ4v) is 8.15. The quantitative estimate of drug-likeness (QED) is 0.744. The molecule has 0 atom stereocenters. The summed E-state index contributed by atoms with van der Waals surface area (Å²) in [5.41, 5.74) is 1.25. The minimum atomic E-state index is -3.32. The summed E-state index contributed by atoms with van der Waals surface area (Å²) in [4.78, 5) is 4.68. The van der Waals surface area contributed by atoms with Gasteiger partial charge in [-0.2, -0.15) is 0 Å². The van der Waals surface area contributed by atoms with E-state index in [0.29, 0.717) is 19.8 Å². The average Bonchev–Trinajstić information content (AvgIpc) is 2.48. The second-order valence-corrected chi connectivity index (χ2v) is 11.0. The van der Waals surface area contributed by atoms with Crippen molar-refractivity contribution in [3.8, 4) is 0 Å². The van der Waals surface area contributed by atoms with Gasteiger partial charge in [0.15, 0.2) is 0 Å². The molecule has 22 heavy (non-hydrogen) atoms. The van der Waals surface area contributed by atoms with Crippen LogP contribution >= 0.6 is 0 Å². The van der Waals surface area contributed by atoms with Crippen LogP contribution in [0.5, 0.6) is 0 Å². The molecule has 122 valence electrons. The van der Waals surface area contributed by atoms with Gasteiger partial charge in [0.05, 0.1) is 0 Å². The third-order valence-corrected chi connectivity index (χ3v) is 10.3. The Hall–Kier alpha value is -0.597. The van der Waals surface area contributed by atoms with E-state index in [0.717, 1.165) is 37.1 Å². The van der Waals surface area contributed by atoms with Gasteiger partial charge in [-0.15, -0.1) is 0 Å². The summed E-state index contributed by atoms with van der Waals surface area (Å²) in [6.07, 6.45) is 0. The van der Waals surface area contributed by atoms with Crippen molar-refractivity contribution in [2.24, 2.45) is 0 Å². The summed E-state index contributed by atoms with van der Waals surface area (Å²) in [5.74, 6) is 0. The number of nitrogens with zero attached hydrogens (tertiary/aromatic N) is 2. The Labute approximate surface area is 136 Å². The molecule has 3 aliphatic rings. The predicted molar refractivity (Wildman–Crippen MR) is 89.7 cm³/mol. The van der Waals surface area contributed by atoms with Gasteiger partial charge in [0.1, 0.15) is 0 Å². The Bertz CT molecular complexity index is 452. The van der Waals surface area contributed by atoms with Crippen molar-refractivity contribution in [3.63, 3.8) is 0 Å². The van der Waals surface area contributed by atoms with E-state index in [9.17, 15) is 0 Å². The molecule has 3 heterocycles. The van der Waals surface area contributed by atoms with Crippen molar-refractivity contribution in [2.75, 3.05) is 57.4 Å². The Morgan fingerprint density at radius 3 is 1.86 bits per heavy atom. The molecule has 1 aromatic rings. The zero-order valence-electron chi connectivity index (χ0n) is 13.6. The molecule has 0 spiro atoms. The second kappa shape index (κ2) is 7.32. The minimum absolute atomic E-state index is 0.706. The van der Waals surface area contributed by atoms with E-state index in [2.05, 4.69) is 47.9 Å². The number of anilines is 1. The Kier molecular flexibility index (Phi) is 5.41. The van der Waals surface area contributed by atoms with Crippen LogP contribution in [0.2, 0.25) is 0 Å². The molecule has 5 nitrogen and oxygen atoms in total. The molecule has 0 aliphatic carbocycles. The van der Waals surface area contributed by atoms with E-state index in [1.54, 1.807) is 0 Å². The fraction of sp³-hybridized carbons (Fsp3) is 0.625. The summed E-state index contributed by atoms with van der Waals surface area (Å²) in [5, 5.41) is 0. The van der Waals surface area contributed by atoms with Crippen molar-refractivity contribution in [2.45, 2.75) is 13.8 Å². The van der Waals surface area contributed by atoms with Gasteiger partial charge >= 0.3 is 136 Å². The van der Waals surface area contributed by atoms with Crippen LogP contribution in [0.15, 0.2) is 24.3 Å². The van der Waals surface area contributed by atoms with Crippen LogP contribution < -0.4 is 9.30 Å². The van der Waals surface area contributed by atoms with Crippen LogP contribution in [0, 0.1) is 0 Å². The molecule has 0 N–H and O–H groups in total. The zero-order valence-corrected chi connectivity index (χ0v) is 15.7. The summed E-state index contributed by atoms with van der Waals surface area (Å²) < 4.78 is 19.6. The summed E-state index contributed by atoms with van der Waals surface area (Å²) in [7, 11) is 0. The van der Waals surface area contributed by atoms with Gasteiger partial charge in [-0.05, 0) is 0 Å². The first-order chi connectivity index (χ1) is 10.8. The second-order valence-electron chi connectivity index (χ2n) is 5.66. The van der Waals surface area contributed by atoms with E-state index in [1.807, 2.05) is 0 Å². The fourth-order valence-electron chi connectivity index (χ4n) is 3.10. The molecule has 0 aromatic heterocycles. The first-order valence-electron chi connectivity index (χ1n) is 8.27. The maximum atomic E-state index is 6.17. The van der Waals surface area contributed by atoms with Gasteiger partial charge < -0.3 is 0 Å². The van der Waals surface area contributed by atoms with Gasteiger partial charge in [-0.25, -0.2) is 0 Å². The molecule has 3 aliphatic heterocycles. The van der Waals surface area contributed by atoms with Gasteiger partial charge in [0.2, 0.25) is 0 Å². The van der Waals surface area contributed by atoms with Crippen LogP contribution in [0.4, 0.5) is 5.69 Å². The standard InChI is InChI=1S/C16H26GeN2O3/c1-3-19(4-2)16-7-5-15(6-8-16)17-20-12-9-18(10-13-21-17)11-14-22-17/h5-8H,3-4,9-14H2,1-2H3. The summed E-state index contributed by atoms with van der Waals surface area (Å²) in [6, 6.07) is 8.63. The Balaban J connectivity index is 1.84. The predicted octanol–water partition coefficient (Wildman–Crippen LogP) is 1.06. The van der Waals surface area contributed by atoms with E-state index < -0.39 is 14.3 Å². The molecule has 0 radical (unpaired) electrons. The number of hydrogen-bond donors (Lipinski definition) is 0. The molecule has 1 aromatic carbocycles. The van der Waals surface area contributed by atoms with E-state index in [1.165, 1.54) is 5.69 Å². The van der Waals surface area contributed by atoms with Gasteiger partial charge in [-0.3, -0.25) is 0 Å². The first-order valence-corrected chi connectivity index (χ1v) is 11.9. The van der Waals surface area contributed by atoms with E-state index >= 15 is 0 Å². The molecule has 3 saturated heterocycles. The topological polar surface area (TPSA) is 34.2 Å². The van der Waals surface area contributed by atoms with Crippen LogP contribution in [-0.4, -0.2) is 71.7 Å². The molecule has 2 bridgehead atoms. The first kappa shape index (κ1) is 16.3. The Morgan fingerprint density at radius 1 is 0.909 bits per heavy atom. The molecular formula is C16H26GeN2O3. The van der Waals surface area contributed by atoms with Crippen molar-refractivity contribution in [3.05, 3.63) is 24.3 Å². The van der Waals surface area contributed by atoms with Gasteiger partial charge in [0, 0.05) is 0 Å². The normalized spacial score (nSPS) is 28.7. The van der Waals surface area contributed by atoms with E-state index in [4.69, 9.17) is 11.3 Å². The monoisotopic (exact) mass is 368 g/mol. The number of benzene rings is 1. The van der Waals surface area contributed by atoms with Crippen molar-refractivity contribution in [1.29, 1.82) is 0 Å². The van der Waals surface area contributed by atoms with Gasteiger partial charge in [-0.1, -0.05) is 0 Å². The molecule has 0 unspecified atom stereocenters. The molecule has 6 heteroatoms. The zero-order chi connectivity index (χ0) is 15.4. The molecule has 4 rings (SSSR count). The van der Waals surface area contributed by atoms with Crippen LogP contribution in [0.1, 0.15) is 13.8 Å². The van der Waals surface area contributed by atoms with Crippen molar-refractivity contribution >= 4 is 24.4 Å². The maximum absolute atomic E-state index is 6.17. The third kappa shape index (κ3) is 3.33. The van der Waals surface area contributed by atoms with E-state index in [-0.39, 0.29) is 0 Å². The average molecular weight is 367 g/mol. The molecule has 0 amide bonds. The van der Waals surface area contributed by atoms with Crippen LogP contribution in [-0.2, 0) is 11.3 Å².